The zero-order valence-corrected chi connectivity index (χ0v) is 12.6. The molecule has 0 saturated heterocycles. The van der Waals surface area contributed by atoms with E-state index in [1.165, 1.54) is 35.0 Å². The van der Waals surface area contributed by atoms with Gasteiger partial charge in [-0.05, 0) is 34.1 Å². The van der Waals surface area contributed by atoms with E-state index in [-0.39, 0.29) is 11.6 Å². The Kier molecular flexibility index (Phi) is 3.60. The van der Waals surface area contributed by atoms with Crippen LogP contribution in [-0.4, -0.2) is 24.8 Å². The first-order valence-corrected chi connectivity index (χ1v) is 6.98. The average molecular weight is 361 g/mol. The Hall–Kier alpha value is -2.74. The number of rotatable bonds is 3. The summed E-state index contributed by atoms with van der Waals surface area (Å²) in [5.74, 6) is -0.0659. The molecule has 0 aliphatic carbocycles. The highest BCUT2D eigenvalue weighted by atomic mass is 79.9. The van der Waals surface area contributed by atoms with Gasteiger partial charge in [0.25, 0.3) is 5.69 Å². The molecule has 0 atom stereocenters. The number of nitrogens with zero attached hydrogens (tertiary/aromatic N) is 4. The maximum absolute atomic E-state index is 10.7. The van der Waals surface area contributed by atoms with Gasteiger partial charge < -0.3 is 5.11 Å². The number of aromatic nitrogens is 3. The second kappa shape index (κ2) is 5.57. The second-order valence-corrected chi connectivity index (χ2v) is 5.38. The lowest BCUT2D eigenvalue weighted by Crippen LogP contribution is -1.97. The number of aromatic hydroxyl groups is 1. The van der Waals surface area contributed by atoms with Crippen molar-refractivity contribution in [3.8, 4) is 22.8 Å². The minimum atomic E-state index is -0.481. The number of pyridine rings is 1. The number of benzene rings is 1. The Labute approximate surface area is 133 Å². The molecule has 0 amide bonds. The lowest BCUT2D eigenvalue weighted by atomic mass is 10.2. The first-order valence-electron chi connectivity index (χ1n) is 6.19. The molecule has 1 aromatic carbocycles. The summed E-state index contributed by atoms with van der Waals surface area (Å²) in [6, 6.07) is 9.09. The van der Waals surface area contributed by atoms with Crippen molar-refractivity contribution < 1.29 is 10.0 Å². The predicted molar refractivity (Wildman–Crippen MR) is 82.8 cm³/mol. The van der Waals surface area contributed by atoms with Crippen molar-refractivity contribution in [2.45, 2.75) is 0 Å². The molecule has 7 nitrogen and oxygen atoms in total. The summed E-state index contributed by atoms with van der Waals surface area (Å²) in [6.45, 7) is 0. The molecular formula is C14H9BrN4O3. The molecule has 1 N–H and O–H groups in total. The summed E-state index contributed by atoms with van der Waals surface area (Å²) in [7, 11) is 0. The summed E-state index contributed by atoms with van der Waals surface area (Å²) in [4.78, 5) is 14.2. The molecular weight excluding hydrogens is 352 g/mol. The molecule has 0 fully saturated rings. The van der Waals surface area contributed by atoms with Crippen molar-refractivity contribution in [2.75, 3.05) is 0 Å². The summed E-state index contributed by atoms with van der Waals surface area (Å²) in [5, 5.41) is 25.0. The van der Waals surface area contributed by atoms with Crippen molar-refractivity contribution in [1.82, 2.24) is 14.8 Å². The van der Waals surface area contributed by atoms with E-state index >= 15 is 0 Å². The van der Waals surface area contributed by atoms with Crippen molar-refractivity contribution in [3.63, 3.8) is 0 Å². The fourth-order valence-electron chi connectivity index (χ4n) is 1.97. The third kappa shape index (κ3) is 2.68. The van der Waals surface area contributed by atoms with Crippen molar-refractivity contribution in [1.29, 1.82) is 0 Å². The number of hydrogen-bond donors (Lipinski definition) is 1. The number of halogens is 1. The van der Waals surface area contributed by atoms with Gasteiger partial charge in [-0.25, -0.2) is 4.68 Å². The lowest BCUT2D eigenvalue weighted by Gasteiger charge is -2.02. The third-order valence-corrected chi connectivity index (χ3v) is 3.43. The van der Waals surface area contributed by atoms with E-state index in [0.29, 0.717) is 11.4 Å². The van der Waals surface area contributed by atoms with E-state index in [9.17, 15) is 15.2 Å². The monoisotopic (exact) mass is 360 g/mol. The highest BCUT2D eigenvalue weighted by Crippen LogP contribution is 2.27. The van der Waals surface area contributed by atoms with Crippen LogP contribution in [0.5, 0.6) is 5.88 Å². The van der Waals surface area contributed by atoms with Crippen LogP contribution in [-0.2, 0) is 0 Å². The number of nitro groups is 1. The fourth-order valence-corrected chi connectivity index (χ4v) is 2.33. The summed E-state index contributed by atoms with van der Waals surface area (Å²) < 4.78 is 2.11. The van der Waals surface area contributed by atoms with Gasteiger partial charge in [-0.1, -0.05) is 0 Å². The lowest BCUT2D eigenvalue weighted by molar-refractivity contribution is -0.384. The molecule has 3 aromatic rings. The van der Waals surface area contributed by atoms with Crippen LogP contribution >= 0.6 is 15.9 Å². The topological polar surface area (TPSA) is 94.1 Å². The minimum Gasteiger partial charge on any atom is -0.493 e. The largest absolute Gasteiger partial charge is 0.493 e. The maximum Gasteiger partial charge on any atom is 0.269 e. The third-order valence-electron chi connectivity index (χ3n) is 3.00. The summed E-state index contributed by atoms with van der Waals surface area (Å²) >= 11 is 3.33. The molecule has 2 heterocycles. The Bertz CT molecular complexity index is 846. The van der Waals surface area contributed by atoms with Gasteiger partial charge in [0.05, 0.1) is 16.3 Å². The van der Waals surface area contributed by atoms with E-state index < -0.39 is 4.92 Å². The number of nitro benzene ring substituents is 1. The van der Waals surface area contributed by atoms with Crippen LogP contribution in [0.25, 0.3) is 16.9 Å². The van der Waals surface area contributed by atoms with Crippen LogP contribution in [0.4, 0.5) is 5.69 Å². The Balaban J connectivity index is 2.00. The highest BCUT2D eigenvalue weighted by molar-refractivity contribution is 9.10. The van der Waals surface area contributed by atoms with Crippen LogP contribution in [0.1, 0.15) is 0 Å². The predicted octanol–water partition coefficient (Wildman–Crippen LogP) is 3.31. The Morgan fingerprint density at radius 3 is 2.55 bits per heavy atom. The maximum atomic E-state index is 10.7. The molecule has 0 aliphatic heterocycles. The standard InChI is InChI=1S/C14H9BrN4O3/c15-10-5-9(7-16-8-10)13-6-14(20)18(17-13)11-1-3-12(4-2-11)19(21)22/h1-8,20H. The molecule has 8 heteroatoms. The highest BCUT2D eigenvalue weighted by Gasteiger charge is 2.12. The van der Waals surface area contributed by atoms with Crippen LogP contribution in [0.3, 0.4) is 0 Å². The molecule has 0 radical (unpaired) electrons. The Morgan fingerprint density at radius 1 is 1.18 bits per heavy atom. The van der Waals surface area contributed by atoms with E-state index in [2.05, 4.69) is 26.0 Å². The van der Waals surface area contributed by atoms with Gasteiger partial charge in [0, 0.05) is 40.6 Å². The SMILES string of the molecule is O=[N+]([O-])c1ccc(-n2nc(-c3cncc(Br)c3)cc2O)cc1. The molecule has 2 aromatic heterocycles. The number of hydrogen-bond acceptors (Lipinski definition) is 5. The first kappa shape index (κ1) is 14.2. The van der Waals surface area contributed by atoms with Gasteiger partial charge in [-0.2, -0.15) is 5.10 Å². The quantitative estimate of drug-likeness (QED) is 0.571. The summed E-state index contributed by atoms with van der Waals surface area (Å²) in [6.07, 6.45) is 3.28. The van der Waals surface area contributed by atoms with E-state index in [0.717, 1.165) is 10.0 Å². The van der Waals surface area contributed by atoms with Gasteiger partial charge in [-0.15, -0.1) is 0 Å². The molecule has 0 unspecified atom stereocenters. The normalized spacial score (nSPS) is 10.6. The molecule has 22 heavy (non-hydrogen) atoms. The fraction of sp³-hybridized carbons (Fsp3) is 0. The van der Waals surface area contributed by atoms with Crippen molar-refractivity contribution in [3.05, 3.63) is 63.4 Å². The van der Waals surface area contributed by atoms with Gasteiger partial charge >= 0.3 is 0 Å². The minimum absolute atomic E-state index is 0.0215. The van der Waals surface area contributed by atoms with Gasteiger partial charge in [0.15, 0.2) is 0 Å². The number of non-ortho nitro benzene ring substituents is 1. The smallest absolute Gasteiger partial charge is 0.269 e. The van der Waals surface area contributed by atoms with E-state index in [1.54, 1.807) is 12.4 Å². The Morgan fingerprint density at radius 2 is 1.91 bits per heavy atom. The van der Waals surface area contributed by atoms with Crippen molar-refractivity contribution >= 4 is 21.6 Å². The molecule has 3 rings (SSSR count). The molecule has 0 bridgehead atoms. The van der Waals surface area contributed by atoms with Crippen molar-refractivity contribution in [2.24, 2.45) is 0 Å². The van der Waals surface area contributed by atoms with Crippen LogP contribution < -0.4 is 0 Å². The molecule has 110 valence electrons. The molecule has 0 spiro atoms. The van der Waals surface area contributed by atoms with E-state index in [1.807, 2.05) is 6.07 Å². The zero-order chi connectivity index (χ0) is 15.7. The van der Waals surface area contributed by atoms with Crippen LogP contribution in [0.15, 0.2) is 53.3 Å². The molecule has 0 aliphatic rings. The van der Waals surface area contributed by atoms with Gasteiger partial charge in [-0.3, -0.25) is 15.1 Å². The average Bonchev–Trinajstić information content (AvgIpc) is 2.89. The summed E-state index contributed by atoms with van der Waals surface area (Å²) in [5.41, 5.74) is 1.79. The van der Waals surface area contributed by atoms with Gasteiger partial charge in [0.1, 0.15) is 0 Å². The zero-order valence-electron chi connectivity index (χ0n) is 11.0. The van der Waals surface area contributed by atoms with Crippen LogP contribution in [0.2, 0.25) is 0 Å². The second-order valence-electron chi connectivity index (χ2n) is 4.46. The molecule has 0 saturated carbocycles. The van der Waals surface area contributed by atoms with Crippen LogP contribution in [0, 0.1) is 10.1 Å². The van der Waals surface area contributed by atoms with Gasteiger partial charge in [0.2, 0.25) is 5.88 Å². The first-order chi connectivity index (χ1) is 10.5. The van der Waals surface area contributed by atoms with E-state index in [4.69, 9.17) is 0 Å².